The lowest BCUT2D eigenvalue weighted by atomic mass is 10.0. The van der Waals surface area contributed by atoms with Crippen molar-refractivity contribution in [3.8, 4) is 0 Å². The molecular weight excluding hydrogens is 312 g/mol. The van der Waals surface area contributed by atoms with E-state index >= 15 is 0 Å². The van der Waals surface area contributed by atoms with E-state index in [1.807, 2.05) is 20.8 Å². The third-order valence-corrected chi connectivity index (χ3v) is 8.76. The smallest absolute Gasteiger partial charge is 0.407 e. The van der Waals surface area contributed by atoms with Crippen molar-refractivity contribution in [2.24, 2.45) is 0 Å². The summed E-state index contributed by atoms with van der Waals surface area (Å²) in [6.07, 6.45) is -0.522. The fourth-order valence-corrected chi connectivity index (χ4v) is 3.27. The molecule has 2 amide bonds. The molecule has 134 valence electrons. The van der Waals surface area contributed by atoms with E-state index in [4.69, 9.17) is 9.16 Å². The van der Waals surface area contributed by atoms with E-state index in [0.717, 1.165) is 0 Å². The van der Waals surface area contributed by atoms with E-state index in [2.05, 4.69) is 44.5 Å². The molecule has 0 aliphatic carbocycles. The van der Waals surface area contributed by atoms with Crippen LogP contribution in [0.1, 0.15) is 48.0 Å². The van der Waals surface area contributed by atoms with E-state index in [1.165, 1.54) is 0 Å². The van der Waals surface area contributed by atoms with E-state index in [1.54, 1.807) is 0 Å². The molecule has 1 aliphatic rings. The van der Waals surface area contributed by atoms with Crippen molar-refractivity contribution in [1.82, 2.24) is 10.6 Å². The summed E-state index contributed by atoms with van der Waals surface area (Å²) >= 11 is 0. The molecule has 1 aliphatic heterocycles. The fraction of sp³-hybridized carbons (Fsp3) is 0.875. The van der Waals surface area contributed by atoms with Gasteiger partial charge in [-0.25, -0.2) is 4.79 Å². The number of rotatable bonds is 3. The Hall–Kier alpha value is -1.08. The van der Waals surface area contributed by atoms with Gasteiger partial charge in [-0.2, -0.15) is 0 Å². The van der Waals surface area contributed by atoms with Crippen molar-refractivity contribution in [1.29, 1.82) is 0 Å². The molecule has 1 saturated heterocycles. The Bertz CT molecular complexity index is 452. The third-order valence-electron chi connectivity index (χ3n) is 4.28. The molecule has 1 heterocycles. The third kappa shape index (κ3) is 6.14. The van der Waals surface area contributed by atoms with Crippen LogP contribution >= 0.6 is 0 Å². The summed E-state index contributed by atoms with van der Waals surface area (Å²) in [4.78, 5) is 24.0. The SMILES string of the molecule is CC(C)(C)OC(=O)N[C@H]1CNC(=O)[C@H](O[Si](C)(C)C(C)(C)C)C1. The first-order chi connectivity index (χ1) is 10.2. The van der Waals surface area contributed by atoms with Gasteiger partial charge in [-0.1, -0.05) is 20.8 Å². The number of carbonyl (C=O) groups excluding carboxylic acids is 2. The predicted octanol–water partition coefficient (Wildman–Crippen LogP) is 2.79. The molecule has 1 rings (SSSR count). The minimum absolute atomic E-state index is 0.0266. The molecule has 2 N–H and O–H groups in total. The highest BCUT2D eigenvalue weighted by molar-refractivity contribution is 6.74. The first kappa shape index (κ1) is 20.0. The van der Waals surface area contributed by atoms with Gasteiger partial charge >= 0.3 is 6.09 Å². The number of nitrogens with one attached hydrogen (secondary N) is 2. The number of piperidine rings is 1. The van der Waals surface area contributed by atoms with Crippen LogP contribution in [0.3, 0.4) is 0 Å². The Kier molecular flexibility index (Phi) is 5.91. The normalized spacial score (nSPS) is 23.2. The lowest BCUT2D eigenvalue weighted by molar-refractivity contribution is -0.131. The number of ether oxygens (including phenoxy) is 1. The highest BCUT2D eigenvalue weighted by Gasteiger charge is 2.42. The van der Waals surface area contributed by atoms with Crippen molar-refractivity contribution >= 4 is 20.3 Å². The maximum atomic E-state index is 12.1. The quantitative estimate of drug-likeness (QED) is 0.772. The molecular formula is C16H32N2O4Si. The zero-order valence-corrected chi connectivity index (χ0v) is 16.7. The first-order valence-corrected chi connectivity index (χ1v) is 11.1. The Labute approximate surface area is 140 Å². The van der Waals surface area contributed by atoms with Gasteiger partial charge in [0.05, 0.1) is 6.04 Å². The molecule has 0 spiro atoms. The van der Waals surface area contributed by atoms with Crippen molar-refractivity contribution in [2.45, 2.75) is 83.8 Å². The summed E-state index contributed by atoms with van der Waals surface area (Å²) in [5.74, 6) is -0.0999. The van der Waals surface area contributed by atoms with Crippen molar-refractivity contribution in [2.75, 3.05) is 6.54 Å². The lowest BCUT2D eigenvalue weighted by Gasteiger charge is -2.41. The molecule has 0 saturated carbocycles. The number of amides is 2. The Morgan fingerprint density at radius 2 is 1.78 bits per heavy atom. The summed E-state index contributed by atoms with van der Waals surface area (Å²) in [5.41, 5.74) is -0.543. The molecule has 0 radical (unpaired) electrons. The van der Waals surface area contributed by atoms with Gasteiger partial charge in [-0.3, -0.25) is 4.79 Å². The van der Waals surface area contributed by atoms with Gasteiger partial charge in [-0.05, 0) is 38.9 Å². The number of alkyl carbamates (subject to hydrolysis) is 1. The van der Waals surface area contributed by atoms with Crippen LogP contribution in [0.25, 0.3) is 0 Å². The zero-order valence-electron chi connectivity index (χ0n) is 15.7. The zero-order chi connectivity index (χ0) is 18.1. The average molecular weight is 345 g/mol. The molecule has 0 aromatic carbocycles. The van der Waals surface area contributed by atoms with Gasteiger partial charge in [-0.15, -0.1) is 0 Å². The van der Waals surface area contributed by atoms with Gasteiger partial charge in [0.25, 0.3) is 0 Å². The van der Waals surface area contributed by atoms with E-state index in [0.29, 0.717) is 13.0 Å². The van der Waals surface area contributed by atoms with E-state index in [9.17, 15) is 9.59 Å². The van der Waals surface area contributed by atoms with Gasteiger partial charge in [0.15, 0.2) is 8.32 Å². The second-order valence-electron chi connectivity index (χ2n) is 8.69. The van der Waals surface area contributed by atoms with Crippen molar-refractivity contribution in [3.63, 3.8) is 0 Å². The van der Waals surface area contributed by atoms with Crippen LogP contribution in [0, 0.1) is 0 Å². The maximum Gasteiger partial charge on any atom is 0.407 e. The van der Waals surface area contributed by atoms with Crippen LogP contribution in [0.5, 0.6) is 0 Å². The van der Waals surface area contributed by atoms with Crippen LogP contribution in [0.15, 0.2) is 0 Å². The maximum absolute atomic E-state index is 12.1. The largest absolute Gasteiger partial charge is 0.444 e. The Balaban J connectivity index is 2.66. The minimum atomic E-state index is -2.05. The standard InChI is InChI=1S/C16H32N2O4Si/c1-15(2,3)21-14(20)18-11-9-12(13(19)17-10-11)22-23(7,8)16(4,5)6/h11-12H,9-10H2,1-8H3,(H,17,19)(H,18,20)/t11-,12-/m1/s1. The highest BCUT2D eigenvalue weighted by Crippen LogP contribution is 2.38. The molecule has 0 unspecified atom stereocenters. The molecule has 0 aromatic rings. The van der Waals surface area contributed by atoms with Crippen molar-refractivity contribution < 1.29 is 18.8 Å². The average Bonchev–Trinajstić information content (AvgIpc) is 2.29. The second-order valence-corrected chi connectivity index (χ2v) is 13.4. The van der Waals surface area contributed by atoms with Gasteiger partial charge < -0.3 is 19.8 Å². The molecule has 7 heteroatoms. The van der Waals surface area contributed by atoms with Crippen LogP contribution in [-0.2, 0) is 14.0 Å². The molecule has 6 nitrogen and oxygen atoms in total. The second kappa shape index (κ2) is 6.81. The molecule has 23 heavy (non-hydrogen) atoms. The van der Waals surface area contributed by atoms with Crippen LogP contribution < -0.4 is 10.6 Å². The van der Waals surface area contributed by atoms with Gasteiger partial charge in [0.2, 0.25) is 5.91 Å². The molecule has 2 atom stereocenters. The van der Waals surface area contributed by atoms with Crippen LogP contribution in [0.4, 0.5) is 4.79 Å². The van der Waals surface area contributed by atoms with Crippen molar-refractivity contribution in [3.05, 3.63) is 0 Å². The van der Waals surface area contributed by atoms with Crippen LogP contribution in [0.2, 0.25) is 18.1 Å². The topological polar surface area (TPSA) is 76.7 Å². The highest BCUT2D eigenvalue weighted by atomic mass is 28.4. The summed E-state index contributed by atoms with van der Waals surface area (Å²) in [6.45, 7) is 16.5. The monoisotopic (exact) mass is 344 g/mol. The first-order valence-electron chi connectivity index (χ1n) is 8.16. The summed E-state index contributed by atoms with van der Waals surface area (Å²) in [5, 5.41) is 5.65. The summed E-state index contributed by atoms with van der Waals surface area (Å²) in [6, 6.07) is -0.183. The van der Waals surface area contributed by atoms with E-state index < -0.39 is 26.1 Å². The Morgan fingerprint density at radius 1 is 1.22 bits per heavy atom. The molecule has 0 bridgehead atoms. The van der Waals surface area contributed by atoms with Gasteiger partial charge in [0.1, 0.15) is 11.7 Å². The number of hydrogen-bond donors (Lipinski definition) is 2. The van der Waals surface area contributed by atoms with E-state index in [-0.39, 0.29) is 17.0 Å². The lowest BCUT2D eigenvalue weighted by Crippen LogP contribution is -2.58. The van der Waals surface area contributed by atoms with Gasteiger partial charge in [0, 0.05) is 13.0 Å². The van der Waals surface area contributed by atoms with Crippen LogP contribution in [-0.4, -0.2) is 44.6 Å². The minimum Gasteiger partial charge on any atom is -0.444 e. The Morgan fingerprint density at radius 3 is 2.26 bits per heavy atom. The number of hydrogen-bond acceptors (Lipinski definition) is 4. The fourth-order valence-electron chi connectivity index (χ4n) is 2.00. The summed E-state index contributed by atoms with van der Waals surface area (Å²) in [7, 11) is -2.05. The molecule has 1 fully saturated rings. The summed E-state index contributed by atoms with van der Waals surface area (Å²) < 4.78 is 11.5. The number of carbonyl (C=O) groups is 2. The molecule has 0 aromatic heterocycles. The predicted molar refractivity (Wildman–Crippen MR) is 92.9 cm³/mol.